The molecule has 0 atom stereocenters. The summed E-state index contributed by atoms with van der Waals surface area (Å²) in [6.07, 6.45) is 1.36. The quantitative estimate of drug-likeness (QED) is 0.338. The van der Waals surface area contributed by atoms with Crippen LogP contribution in [0.1, 0.15) is 16.7 Å². The molecule has 0 amide bonds. The van der Waals surface area contributed by atoms with E-state index in [-0.39, 0.29) is 17.9 Å². The number of rotatable bonds is 6. The number of hydrogen-bond donors (Lipinski definition) is 0. The Morgan fingerprint density at radius 3 is 2.59 bits per heavy atom. The monoisotopic (exact) mass is 365 g/mol. The minimum absolute atomic E-state index is 0.154. The van der Waals surface area contributed by atoms with Crippen molar-refractivity contribution >= 4 is 18.0 Å². The Bertz CT molecular complexity index is 924. The molecule has 0 spiro atoms. The van der Waals surface area contributed by atoms with Crippen molar-refractivity contribution in [3.05, 3.63) is 64.7 Å². The number of carbonyl (C=O) groups is 2. The molecule has 2 aromatic rings. The van der Waals surface area contributed by atoms with E-state index in [1.807, 2.05) is 26.0 Å². The highest BCUT2D eigenvalue weighted by Crippen LogP contribution is 2.19. The first-order valence-electron chi connectivity index (χ1n) is 8.14. The van der Waals surface area contributed by atoms with Gasteiger partial charge in [0, 0.05) is 0 Å². The second-order valence-electron chi connectivity index (χ2n) is 5.77. The van der Waals surface area contributed by atoms with Crippen LogP contribution < -0.4 is 9.47 Å². The number of methoxy groups -OCH3 is 1. The van der Waals surface area contributed by atoms with Gasteiger partial charge in [0.2, 0.25) is 0 Å². The van der Waals surface area contributed by atoms with Crippen LogP contribution in [-0.2, 0) is 14.3 Å². The summed E-state index contributed by atoms with van der Waals surface area (Å²) in [7, 11) is 1.20. The predicted octanol–water partition coefficient (Wildman–Crippen LogP) is 3.37. The van der Waals surface area contributed by atoms with Crippen LogP contribution >= 0.6 is 0 Å². The third-order valence-corrected chi connectivity index (χ3v) is 3.60. The van der Waals surface area contributed by atoms with Crippen molar-refractivity contribution in [2.45, 2.75) is 13.8 Å². The molecule has 6 heteroatoms. The molecule has 0 saturated carbocycles. The molecule has 0 saturated heterocycles. The van der Waals surface area contributed by atoms with Gasteiger partial charge < -0.3 is 14.2 Å². The van der Waals surface area contributed by atoms with Crippen LogP contribution in [0.5, 0.6) is 11.5 Å². The van der Waals surface area contributed by atoms with Gasteiger partial charge in [-0.3, -0.25) is 0 Å². The maximum absolute atomic E-state index is 12.0. The molecular weight excluding hydrogens is 346 g/mol. The molecule has 0 aliphatic rings. The fraction of sp³-hybridized carbons (Fsp3) is 0.190. The van der Waals surface area contributed by atoms with Crippen molar-refractivity contribution in [1.82, 2.24) is 0 Å². The minimum Gasteiger partial charge on any atom is -0.482 e. The summed E-state index contributed by atoms with van der Waals surface area (Å²) >= 11 is 0. The maximum Gasteiger partial charge on any atom is 0.349 e. The summed E-state index contributed by atoms with van der Waals surface area (Å²) in [5.74, 6) is -0.405. The molecule has 0 aromatic heterocycles. The van der Waals surface area contributed by atoms with Gasteiger partial charge in [0.25, 0.3) is 0 Å². The highest BCUT2D eigenvalue weighted by Gasteiger charge is 2.10. The van der Waals surface area contributed by atoms with E-state index in [0.717, 1.165) is 11.1 Å². The predicted molar refractivity (Wildman–Crippen MR) is 99.1 cm³/mol. The third kappa shape index (κ3) is 5.72. The Labute approximate surface area is 157 Å². The normalized spacial score (nSPS) is 10.7. The number of aryl methyl sites for hydroxylation is 2. The molecule has 2 aromatic carbocycles. The highest BCUT2D eigenvalue weighted by atomic mass is 16.6. The minimum atomic E-state index is -0.734. The molecule has 0 N–H and O–H groups in total. The van der Waals surface area contributed by atoms with Crippen molar-refractivity contribution in [2.75, 3.05) is 13.7 Å². The third-order valence-electron chi connectivity index (χ3n) is 3.60. The Balaban J connectivity index is 2.03. The van der Waals surface area contributed by atoms with Gasteiger partial charge in [-0.15, -0.1) is 0 Å². The zero-order chi connectivity index (χ0) is 19.8. The highest BCUT2D eigenvalue weighted by molar-refractivity contribution is 5.97. The van der Waals surface area contributed by atoms with Gasteiger partial charge in [0.15, 0.2) is 6.61 Å². The Morgan fingerprint density at radius 2 is 1.93 bits per heavy atom. The van der Waals surface area contributed by atoms with Crippen LogP contribution in [0.25, 0.3) is 6.08 Å². The van der Waals surface area contributed by atoms with E-state index in [9.17, 15) is 9.59 Å². The molecule has 6 nitrogen and oxygen atoms in total. The van der Waals surface area contributed by atoms with Crippen molar-refractivity contribution in [1.29, 1.82) is 5.26 Å². The van der Waals surface area contributed by atoms with Gasteiger partial charge in [0.1, 0.15) is 23.1 Å². The molecule has 2 rings (SSSR count). The Kier molecular flexibility index (Phi) is 6.73. The van der Waals surface area contributed by atoms with E-state index in [0.29, 0.717) is 11.3 Å². The molecule has 0 radical (unpaired) electrons. The van der Waals surface area contributed by atoms with Crippen molar-refractivity contribution in [2.24, 2.45) is 0 Å². The van der Waals surface area contributed by atoms with Gasteiger partial charge in [-0.25, -0.2) is 9.59 Å². The van der Waals surface area contributed by atoms with Gasteiger partial charge in [-0.05, 0) is 49.2 Å². The van der Waals surface area contributed by atoms with Gasteiger partial charge in [-0.2, -0.15) is 5.26 Å². The number of hydrogen-bond acceptors (Lipinski definition) is 6. The second-order valence-corrected chi connectivity index (χ2v) is 5.77. The number of carbonyl (C=O) groups excluding carboxylic acids is 2. The van der Waals surface area contributed by atoms with E-state index in [2.05, 4.69) is 4.74 Å². The van der Waals surface area contributed by atoms with Gasteiger partial charge >= 0.3 is 11.9 Å². The smallest absolute Gasteiger partial charge is 0.349 e. The van der Waals surface area contributed by atoms with Crippen LogP contribution in [0.2, 0.25) is 0 Å². The van der Waals surface area contributed by atoms with Crippen molar-refractivity contribution < 1.29 is 23.8 Å². The molecule has 138 valence electrons. The Hall–Kier alpha value is -3.59. The number of nitrogens with zero attached hydrogens (tertiary/aromatic N) is 1. The average Bonchev–Trinajstić information content (AvgIpc) is 2.65. The van der Waals surface area contributed by atoms with E-state index in [4.69, 9.17) is 14.7 Å². The molecule has 0 aliphatic heterocycles. The molecule has 0 unspecified atom stereocenters. The molecule has 0 aliphatic carbocycles. The average molecular weight is 365 g/mol. The number of esters is 2. The molecule has 27 heavy (non-hydrogen) atoms. The van der Waals surface area contributed by atoms with E-state index >= 15 is 0 Å². The summed E-state index contributed by atoms with van der Waals surface area (Å²) in [5.41, 5.74) is 2.41. The van der Waals surface area contributed by atoms with Gasteiger partial charge in [-0.1, -0.05) is 29.8 Å². The van der Waals surface area contributed by atoms with Crippen LogP contribution in [0.4, 0.5) is 0 Å². The maximum atomic E-state index is 12.0. The summed E-state index contributed by atoms with van der Waals surface area (Å²) in [6.45, 7) is 3.64. The van der Waals surface area contributed by atoms with Crippen LogP contribution in [0.3, 0.4) is 0 Å². The van der Waals surface area contributed by atoms with Crippen LogP contribution in [0, 0.1) is 25.2 Å². The standard InChI is InChI=1S/C21H19NO5/c1-14-7-8-19(15(2)9-14)26-13-20(23)27-18-6-4-5-16(11-18)10-17(12-22)21(24)25-3/h4-11H,13H2,1-3H3/b17-10+. The Morgan fingerprint density at radius 1 is 1.15 bits per heavy atom. The lowest BCUT2D eigenvalue weighted by atomic mass is 10.1. The summed E-state index contributed by atoms with van der Waals surface area (Å²) in [4.78, 5) is 23.5. The fourth-order valence-corrected chi connectivity index (χ4v) is 2.34. The summed E-state index contributed by atoms with van der Waals surface area (Å²) < 4.78 is 15.3. The fourth-order valence-electron chi connectivity index (χ4n) is 2.34. The molecule has 0 heterocycles. The van der Waals surface area contributed by atoms with Crippen LogP contribution in [0.15, 0.2) is 48.0 Å². The van der Waals surface area contributed by atoms with Crippen LogP contribution in [-0.4, -0.2) is 25.7 Å². The second kappa shape index (κ2) is 9.20. The number of benzene rings is 2. The lowest BCUT2D eigenvalue weighted by Crippen LogP contribution is -2.18. The van der Waals surface area contributed by atoms with E-state index in [1.54, 1.807) is 30.3 Å². The first-order valence-corrected chi connectivity index (χ1v) is 8.14. The number of ether oxygens (including phenoxy) is 3. The number of nitriles is 1. The van der Waals surface area contributed by atoms with E-state index < -0.39 is 11.9 Å². The molecular formula is C21H19NO5. The lowest BCUT2D eigenvalue weighted by molar-refractivity contribution is -0.137. The van der Waals surface area contributed by atoms with Crippen molar-refractivity contribution in [3.63, 3.8) is 0 Å². The summed E-state index contributed by atoms with van der Waals surface area (Å²) in [5, 5.41) is 9.00. The first kappa shape index (κ1) is 19.7. The first-order chi connectivity index (χ1) is 12.9. The topological polar surface area (TPSA) is 85.6 Å². The zero-order valence-corrected chi connectivity index (χ0v) is 15.3. The zero-order valence-electron chi connectivity index (χ0n) is 15.3. The van der Waals surface area contributed by atoms with E-state index in [1.165, 1.54) is 19.3 Å². The SMILES string of the molecule is COC(=O)/C(C#N)=C/c1cccc(OC(=O)COc2ccc(C)cc2C)c1. The largest absolute Gasteiger partial charge is 0.482 e. The molecule has 0 bridgehead atoms. The van der Waals surface area contributed by atoms with Crippen molar-refractivity contribution in [3.8, 4) is 17.6 Å². The molecule has 0 fully saturated rings. The summed E-state index contributed by atoms with van der Waals surface area (Å²) in [6, 6.07) is 13.9. The van der Waals surface area contributed by atoms with Gasteiger partial charge in [0.05, 0.1) is 7.11 Å². The lowest BCUT2D eigenvalue weighted by Gasteiger charge is -2.10.